The maximum Gasteiger partial charge on any atom is 0.0618 e. The number of benzene rings is 9. The molecule has 9 aromatic carbocycles. The first kappa shape index (κ1) is 36.0. The first-order chi connectivity index (χ1) is 29.3. The largest absolute Gasteiger partial charge is 0.310 e. The average molecular weight is 771 g/mol. The second-order valence-electron chi connectivity index (χ2n) is 17.3. The summed E-state index contributed by atoms with van der Waals surface area (Å²) in [5.41, 5.74) is 19.3. The first-order valence-electron chi connectivity index (χ1n) is 21.1. The van der Waals surface area contributed by atoms with Gasteiger partial charge in [-0.2, -0.15) is 0 Å². The highest BCUT2D eigenvalue weighted by Crippen LogP contribution is 2.59. The van der Waals surface area contributed by atoms with Crippen LogP contribution in [-0.4, -0.2) is 0 Å². The van der Waals surface area contributed by atoms with Crippen molar-refractivity contribution >= 4 is 44.9 Å². The van der Waals surface area contributed by atoms with Crippen molar-refractivity contribution < 1.29 is 0 Å². The minimum Gasteiger partial charge on any atom is -0.310 e. The molecule has 1 aliphatic heterocycles. The summed E-state index contributed by atoms with van der Waals surface area (Å²) in [5.74, 6) is 0. The van der Waals surface area contributed by atoms with Crippen LogP contribution in [0.25, 0.3) is 44.2 Å². The average Bonchev–Trinajstić information content (AvgIpc) is 3.52. The van der Waals surface area contributed by atoms with Crippen molar-refractivity contribution in [3.63, 3.8) is 0 Å². The number of rotatable bonds is 6. The number of anilines is 6. The van der Waals surface area contributed by atoms with Crippen LogP contribution in [-0.2, 0) is 10.8 Å². The van der Waals surface area contributed by atoms with E-state index >= 15 is 0 Å². The van der Waals surface area contributed by atoms with E-state index in [1.807, 2.05) is 0 Å². The van der Waals surface area contributed by atoms with Crippen molar-refractivity contribution in [3.8, 4) is 33.4 Å². The molecule has 0 saturated heterocycles. The SMILES string of the molecule is CC1(C)c2ccccc2-c2ccc(N(c3ccc(-c4ccccc4)cc3)c3cccc4c3C(C)(C)c3ccccc3N4c3c(-c4ccccc4)ccc4ccccc34)cc21. The molecule has 0 fully saturated rings. The quantitative estimate of drug-likeness (QED) is 0.166. The molecule has 9 aromatic rings. The van der Waals surface area contributed by atoms with Gasteiger partial charge >= 0.3 is 0 Å². The predicted molar refractivity (Wildman–Crippen MR) is 254 cm³/mol. The molecule has 0 aromatic heterocycles. The summed E-state index contributed by atoms with van der Waals surface area (Å²) in [6.07, 6.45) is 0. The lowest BCUT2D eigenvalue weighted by atomic mass is 9.72. The molecule has 1 aliphatic carbocycles. The molecular formula is C58H46N2. The van der Waals surface area contributed by atoms with Crippen LogP contribution in [0.15, 0.2) is 206 Å². The number of hydrogen-bond acceptors (Lipinski definition) is 2. The van der Waals surface area contributed by atoms with Crippen LogP contribution in [0, 0.1) is 0 Å². The lowest BCUT2D eigenvalue weighted by Gasteiger charge is -2.45. The Balaban J connectivity index is 1.19. The Morgan fingerprint density at radius 3 is 1.75 bits per heavy atom. The Morgan fingerprint density at radius 1 is 0.383 bits per heavy atom. The third kappa shape index (κ3) is 5.48. The van der Waals surface area contributed by atoms with Crippen LogP contribution in [0.1, 0.15) is 49.9 Å². The minimum atomic E-state index is -0.356. The topological polar surface area (TPSA) is 6.48 Å². The van der Waals surface area contributed by atoms with Gasteiger partial charge < -0.3 is 9.80 Å². The van der Waals surface area contributed by atoms with Crippen molar-refractivity contribution in [3.05, 3.63) is 229 Å². The van der Waals surface area contributed by atoms with E-state index in [0.717, 1.165) is 11.4 Å². The molecule has 11 rings (SSSR count). The molecule has 0 unspecified atom stereocenters. The lowest BCUT2D eigenvalue weighted by molar-refractivity contribution is 0.632. The van der Waals surface area contributed by atoms with Gasteiger partial charge in [-0.15, -0.1) is 0 Å². The molecule has 0 N–H and O–H groups in total. The molecule has 288 valence electrons. The molecule has 2 nitrogen and oxygen atoms in total. The molecule has 0 saturated carbocycles. The monoisotopic (exact) mass is 770 g/mol. The van der Waals surface area contributed by atoms with Gasteiger partial charge in [-0.3, -0.25) is 0 Å². The smallest absolute Gasteiger partial charge is 0.0618 e. The summed E-state index contributed by atoms with van der Waals surface area (Å²) in [4.78, 5) is 5.07. The van der Waals surface area contributed by atoms with Crippen LogP contribution in [0.5, 0.6) is 0 Å². The van der Waals surface area contributed by atoms with Gasteiger partial charge in [0.15, 0.2) is 0 Å². The summed E-state index contributed by atoms with van der Waals surface area (Å²) in [6.45, 7) is 9.56. The molecule has 1 heterocycles. The highest BCUT2D eigenvalue weighted by molar-refractivity contribution is 6.08. The molecule has 2 heteroatoms. The zero-order valence-electron chi connectivity index (χ0n) is 34.5. The van der Waals surface area contributed by atoms with Gasteiger partial charge in [0.05, 0.1) is 22.7 Å². The van der Waals surface area contributed by atoms with Gasteiger partial charge in [-0.1, -0.05) is 191 Å². The fourth-order valence-corrected chi connectivity index (χ4v) is 10.3. The van der Waals surface area contributed by atoms with E-state index in [9.17, 15) is 0 Å². The van der Waals surface area contributed by atoms with Gasteiger partial charge in [-0.25, -0.2) is 0 Å². The van der Waals surface area contributed by atoms with E-state index in [0.29, 0.717) is 0 Å². The molecule has 0 amide bonds. The Labute approximate surface area is 353 Å². The maximum atomic E-state index is 2.56. The van der Waals surface area contributed by atoms with Crippen LogP contribution in [0.2, 0.25) is 0 Å². The van der Waals surface area contributed by atoms with E-state index in [1.54, 1.807) is 0 Å². The third-order valence-electron chi connectivity index (χ3n) is 13.2. The maximum absolute atomic E-state index is 2.56. The fraction of sp³-hybridized carbons (Fsp3) is 0.103. The van der Waals surface area contributed by atoms with Crippen molar-refractivity contribution in [2.24, 2.45) is 0 Å². The number of fused-ring (bicyclic) bond motifs is 6. The first-order valence-corrected chi connectivity index (χ1v) is 21.1. The van der Waals surface area contributed by atoms with E-state index in [2.05, 4.69) is 244 Å². The normalized spacial score (nSPS) is 14.2. The highest BCUT2D eigenvalue weighted by Gasteiger charge is 2.42. The summed E-state index contributed by atoms with van der Waals surface area (Å²) in [7, 11) is 0. The molecule has 0 radical (unpaired) electrons. The van der Waals surface area contributed by atoms with Gasteiger partial charge in [0.25, 0.3) is 0 Å². The number of para-hydroxylation sites is 1. The zero-order chi connectivity index (χ0) is 40.6. The van der Waals surface area contributed by atoms with Crippen LogP contribution < -0.4 is 9.80 Å². The fourth-order valence-electron chi connectivity index (χ4n) is 10.3. The minimum absolute atomic E-state index is 0.141. The van der Waals surface area contributed by atoms with E-state index in [1.165, 1.54) is 89.2 Å². The number of hydrogen-bond donors (Lipinski definition) is 0. The van der Waals surface area contributed by atoms with Crippen LogP contribution in [0.3, 0.4) is 0 Å². The molecular weight excluding hydrogens is 725 g/mol. The molecule has 0 spiro atoms. The van der Waals surface area contributed by atoms with Gasteiger partial charge in [0.1, 0.15) is 0 Å². The van der Waals surface area contributed by atoms with Crippen LogP contribution >= 0.6 is 0 Å². The highest BCUT2D eigenvalue weighted by atomic mass is 15.2. The Hall–Kier alpha value is -7.16. The molecule has 0 atom stereocenters. The Kier molecular flexibility index (Phi) is 8.22. The number of nitrogens with zero attached hydrogens (tertiary/aromatic N) is 2. The van der Waals surface area contributed by atoms with Crippen molar-refractivity contribution in [2.75, 3.05) is 9.80 Å². The van der Waals surface area contributed by atoms with E-state index < -0.39 is 0 Å². The van der Waals surface area contributed by atoms with Gasteiger partial charge in [-0.05, 0) is 92.4 Å². The van der Waals surface area contributed by atoms with Crippen molar-refractivity contribution in [2.45, 2.75) is 38.5 Å². The second kappa shape index (κ2) is 13.7. The second-order valence-corrected chi connectivity index (χ2v) is 17.3. The standard InChI is InChI=1S/C58H46N2/c1-57(2)49-25-14-13-24-47(49)48-37-35-44(38-51(48)57)59(43-33-30-40(31-34-43)39-18-7-5-8-19-39)53-28-17-29-54-55(53)58(3,4)50-26-15-16-27-52(50)60(54)56-45-23-12-11-22-42(45)32-36-46(56)41-20-9-6-10-21-41/h5-38H,1-4H3. The Morgan fingerprint density at radius 2 is 0.967 bits per heavy atom. The molecule has 0 bridgehead atoms. The lowest BCUT2D eigenvalue weighted by Crippen LogP contribution is -2.32. The Bertz CT molecular complexity index is 3090. The van der Waals surface area contributed by atoms with Gasteiger partial charge in [0, 0.05) is 38.7 Å². The summed E-state index contributed by atoms with van der Waals surface area (Å²) in [6, 6.07) is 76.1. The zero-order valence-corrected chi connectivity index (χ0v) is 34.5. The summed E-state index contributed by atoms with van der Waals surface area (Å²) < 4.78 is 0. The molecule has 60 heavy (non-hydrogen) atoms. The molecule has 2 aliphatic rings. The van der Waals surface area contributed by atoms with E-state index in [-0.39, 0.29) is 10.8 Å². The summed E-state index contributed by atoms with van der Waals surface area (Å²) in [5, 5.41) is 2.44. The third-order valence-corrected chi connectivity index (χ3v) is 13.2. The van der Waals surface area contributed by atoms with E-state index in [4.69, 9.17) is 0 Å². The van der Waals surface area contributed by atoms with Crippen LogP contribution in [0.4, 0.5) is 34.1 Å². The summed E-state index contributed by atoms with van der Waals surface area (Å²) >= 11 is 0. The van der Waals surface area contributed by atoms with Crippen molar-refractivity contribution in [1.82, 2.24) is 0 Å². The predicted octanol–water partition coefficient (Wildman–Crippen LogP) is 16.1. The van der Waals surface area contributed by atoms with Crippen molar-refractivity contribution in [1.29, 1.82) is 0 Å². The van der Waals surface area contributed by atoms with Gasteiger partial charge in [0.2, 0.25) is 0 Å².